The number of thiol groups is 1. The van der Waals surface area contributed by atoms with Gasteiger partial charge in [-0.3, -0.25) is 4.99 Å². The average Bonchev–Trinajstić information content (AvgIpc) is 1.91. The van der Waals surface area contributed by atoms with Crippen molar-refractivity contribution in [2.24, 2.45) is 4.99 Å². The number of rotatable bonds is 2. The molecule has 0 aromatic carbocycles. The number of hydrogen-bond acceptors (Lipinski definition) is 3. The Morgan fingerprint density at radius 2 is 2.56 bits per heavy atom. The zero-order chi connectivity index (χ0) is 6.53. The Kier molecular flexibility index (Phi) is 2.64. The van der Waals surface area contributed by atoms with E-state index in [2.05, 4.69) is 17.6 Å². The highest BCUT2D eigenvalue weighted by atomic mass is 32.1. The van der Waals surface area contributed by atoms with Gasteiger partial charge in [0, 0.05) is 6.21 Å². The van der Waals surface area contributed by atoms with Gasteiger partial charge in [0.2, 0.25) is 0 Å². The minimum atomic E-state index is 0.146. The smallest absolute Gasteiger partial charge is 0.134 e. The summed E-state index contributed by atoms with van der Waals surface area (Å²) in [6.45, 7) is 0. The second kappa shape index (κ2) is 3.56. The largest absolute Gasteiger partial charge is 0.491 e. The van der Waals surface area contributed by atoms with Crippen molar-refractivity contribution in [1.29, 1.82) is 0 Å². The van der Waals surface area contributed by atoms with Crippen molar-refractivity contribution in [3.8, 4) is 0 Å². The molecule has 1 aliphatic heterocycles. The first-order valence-corrected chi connectivity index (χ1v) is 3.51. The first kappa shape index (κ1) is 6.68. The molecule has 0 saturated carbocycles. The maximum atomic E-state index is 5.14. The standard InChI is InChI=1S/C6H9NOS/c9-4-1-6-5-7-2-3-8-6/h2-3,5-6,9H,1,4H2. The first-order chi connectivity index (χ1) is 4.43. The Labute approximate surface area is 60.0 Å². The molecule has 0 saturated heterocycles. The lowest BCUT2D eigenvalue weighted by molar-refractivity contribution is 0.200. The van der Waals surface area contributed by atoms with Gasteiger partial charge >= 0.3 is 0 Å². The molecule has 1 aliphatic rings. The molecule has 0 N–H and O–H groups in total. The van der Waals surface area contributed by atoms with E-state index in [0.717, 1.165) is 12.2 Å². The second-order valence-electron chi connectivity index (χ2n) is 1.77. The van der Waals surface area contributed by atoms with E-state index in [1.54, 1.807) is 18.7 Å². The van der Waals surface area contributed by atoms with Crippen LogP contribution in [-0.2, 0) is 4.74 Å². The van der Waals surface area contributed by atoms with Gasteiger partial charge < -0.3 is 4.74 Å². The summed E-state index contributed by atoms with van der Waals surface area (Å²) >= 11 is 4.07. The summed E-state index contributed by atoms with van der Waals surface area (Å²) in [5.74, 6) is 0.838. The first-order valence-electron chi connectivity index (χ1n) is 2.88. The van der Waals surface area contributed by atoms with Crippen LogP contribution in [0.5, 0.6) is 0 Å². The Balaban J connectivity index is 2.28. The van der Waals surface area contributed by atoms with Crippen LogP contribution >= 0.6 is 12.6 Å². The summed E-state index contributed by atoms with van der Waals surface area (Å²) in [5, 5.41) is 0. The highest BCUT2D eigenvalue weighted by Crippen LogP contribution is 2.01. The van der Waals surface area contributed by atoms with Gasteiger partial charge in [0.25, 0.3) is 0 Å². The third kappa shape index (κ3) is 2.10. The molecule has 0 aromatic rings. The lowest BCUT2D eigenvalue weighted by atomic mass is 10.3. The molecule has 0 fully saturated rings. The molecular formula is C6H9NOS. The predicted octanol–water partition coefficient (Wildman–Crippen LogP) is 1.25. The maximum absolute atomic E-state index is 5.14. The third-order valence-corrected chi connectivity index (χ3v) is 1.32. The Morgan fingerprint density at radius 3 is 3.11 bits per heavy atom. The number of nitrogens with zero attached hydrogens (tertiary/aromatic N) is 1. The normalized spacial score (nSPS) is 23.9. The average molecular weight is 143 g/mol. The van der Waals surface area contributed by atoms with Gasteiger partial charge in [0.1, 0.15) is 12.4 Å². The van der Waals surface area contributed by atoms with Crippen molar-refractivity contribution in [2.45, 2.75) is 12.5 Å². The minimum Gasteiger partial charge on any atom is -0.491 e. The van der Waals surface area contributed by atoms with E-state index in [1.807, 2.05) is 0 Å². The molecule has 0 aromatic heterocycles. The molecule has 1 rings (SSSR count). The molecular weight excluding hydrogens is 134 g/mol. The van der Waals surface area contributed by atoms with Crippen molar-refractivity contribution in [3.63, 3.8) is 0 Å². The van der Waals surface area contributed by atoms with Crippen LogP contribution in [0, 0.1) is 0 Å². The Bertz CT molecular complexity index is 133. The van der Waals surface area contributed by atoms with E-state index in [1.165, 1.54) is 0 Å². The molecule has 1 heterocycles. The quantitative estimate of drug-likeness (QED) is 0.577. The SMILES string of the molecule is SCCC1C=NC=CO1. The van der Waals surface area contributed by atoms with E-state index in [4.69, 9.17) is 4.74 Å². The van der Waals surface area contributed by atoms with Crippen LogP contribution in [0.25, 0.3) is 0 Å². The Morgan fingerprint density at radius 1 is 1.67 bits per heavy atom. The minimum absolute atomic E-state index is 0.146. The molecule has 9 heavy (non-hydrogen) atoms. The molecule has 2 nitrogen and oxygen atoms in total. The van der Waals surface area contributed by atoms with Gasteiger partial charge in [-0.2, -0.15) is 12.6 Å². The molecule has 0 amide bonds. The summed E-state index contributed by atoms with van der Waals surface area (Å²) in [6.07, 6.45) is 6.10. The van der Waals surface area contributed by atoms with Crippen LogP contribution in [-0.4, -0.2) is 18.1 Å². The van der Waals surface area contributed by atoms with Gasteiger partial charge in [-0.15, -0.1) is 0 Å². The van der Waals surface area contributed by atoms with Gasteiger partial charge in [0.15, 0.2) is 0 Å². The third-order valence-electron chi connectivity index (χ3n) is 1.07. The lowest BCUT2D eigenvalue weighted by Crippen LogP contribution is -2.13. The van der Waals surface area contributed by atoms with E-state index >= 15 is 0 Å². The van der Waals surface area contributed by atoms with Crippen molar-refractivity contribution >= 4 is 18.8 Å². The number of ether oxygens (including phenoxy) is 1. The summed E-state index contributed by atoms with van der Waals surface area (Å²) < 4.78 is 5.14. The fourth-order valence-corrected chi connectivity index (χ4v) is 0.876. The fraction of sp³-hybridized carbons (Fsp3) is 0.500. The molecule has 1 atom stereocenters. The van der Waals surface area contributed by atoms with Crippen LogP contribution in [0.15, 0.2) is 17.5 Å². The summed E-state index contributed by atoms with van der Waals surface area (Å²) in [5.41, 5.74) is 0. The van der Waals surface area contributed by atoms with Crippen molar-refractivity contribution in [2.75, 3.05) is 5.75 Å². The zero-order valence-corrected chi connectivity index (χ0v) is 5.92. The van der Waals surface area contributed by atoms with Crippen LogP contribution < -0.4 is 0 Å². The molecule has 1 unspecified atom stereocenters. The monoisotopic (exact) mass is 143 g/mol. The predicted molar refractivity (Wildman–Crippen MR) is 41.0 cm³/mol. The van der Waals surface area contributed by atoms with Crippen molar-refractivity contribution in [3.05, 3.63) is 12.5 Å². The van der Waals surface area contributed by atoms with E-state index in [0.29, 0.717) is 0 Å². The Hall–Kier alpha value is -0.440. The highest BCUT2D eigenvalue weighted by Gasteiger charge is 2.03. The zero-order valence-electron chi connectivity index (χ0n) is 5.03. The van der Waals surface area contributed by atoms with E-state index in [-0.39, 0.29) is 6.10 Å². The summed E-state index contributed by atoms with van der Waals surface area (Å²) in [7, 11) is 0. The van der Waals surface area contributed by atoms with Crippen LogP contribution in [0.1, 0.15) is 6.42 Å². The van der Waals surface area contributed by atoms with Crippen LogP contribution in [0.3, 0.4) is 0 Å². The second-order valence-corrected chi connectivity index (χ2v) is 2.22. The van der Waals surface area contributed by atoms with E-state index in [9.17, 15) is 0 Å². The van der Waals surface area contributed by atoms with Crippen molar-refractivity contribution in [1.82, 2.24) is 0 Å². The maximum Gasteiger partial charge on any atom is 0.134 e. The lowest BCUT2D eigenvalue weighted by Gasteiger charge is -2.11. The van der Waals surface area contributed by atoms with E-state index < -0.39 is 0 Å². The van der Waals surface area contributed by atoms with Gasteiger partial charge in [0.05, 0.1) is 6.20 Å². The molecule has 0 bridgehead atoms. The summed E-state index contributed by atoms with van der Waals surface area (Å²) in [4.78, 5) is 3.91. The molecule has 0 spiro atoms. The van der Waals surface area contributed by atoms with Crippen LogP contribution in [0.4, 0.5) is 0 Å². The molecule has 0 aliphatic carbocycles. The van der Waals surface area contributed by atoms with Crippen LogP contribution in [0.2, 0.25) is 0 Å². The van der Waals surface area contributed by atoms with Gasteiger partial charge in [-0.05, 0) is 12.2 Å². The summed E-state index contributed by atoms with van der Waals surface area (Å²) in [6, 6.07) is 0. The fourth-order valence-electron chi connectivity index (χ4n) is 0.622. The molecule has 3 heteroatoms. The van der Waals surface area contributed by atoms with Crippen molar-refractivity contribution < 1.29 is 4.74 Å². The molecule has 0 radical (unpaired) electrons. The van der Waals surface area contributed by atoms with Gasteiger partial charge in [-0.25, -0.2) is 0 Å². The number of aliphatic imine (C=N–C) groups is 1. The highest BCUT2D eigenvalue weighted by molar-refractivity contribution is 7.80. The number of hydrogen-bond donors (Lipinski definition) is 1. The van der Waals surface area contributed by atoms with Gasteiger partial charge in [-0.1, -0.05) is 0 Å². The topological polar surface area (TPSA) is 21.6 Å². The molecule has 50 valence electrons.